The lowest BCUT2D eigenvalue weighted by atomic mass is 10.2. The molecule has 0 fully saturated rings. The van der Waals surface area contributed by atoms with Crippen molar-refractivity contribution in [3.63, 3.8) is 0 Å². The van der Waals surface area contributed by atoms with Gasteiger partial charge in [-0.05, 0) is 55.5 Å². The maximum atomic E-state index is 9.28. The summed E-state index contributed by atoms with van der Waals surface area (Å²) in [7, 11) is 0. The van der Waals surface area contributed by atoms with Gasteiger partial charge >= 0.3 is 0 Å². The Morgan fingerprint density at radius 3 is 2.33 bits per heavy atom. The van der Waals surface area contributed by atoms with Crippen molar-refractivity contribution < 1.29 is 14.4 Å². The number of ether oxygens (including phenoxy) is 1. The molecule has 3 rings (SSSR count). The quantitative estimate of drug-likeness (QED) is 0.793. The predicted molar refractivity (Wildman–Crippen MR) is 78.0 cm³/mol. The molecule has 0 aliphatic carbocycles. The van der Waals surface area contributed by atoms with Gasteiger partial charge in [0.2, 0.25) is 5.82 Å². The van der Waals surface area contributed by atoms with E-state index < -0.39 is 0 Å². The van der Waals surface area contributed by atoms with Crippen LogP contribution < -0.4 is 4.74 Å². The minimum Gasteiger partial charge on any atom is -0.508 e. The highest BCUT2D eigenvalue weighted by Crippen LogP contribution is 2.24. The summed E-state index contributed by atoms with van der Waals surface area (Å²) in [6.07, 6.45) is 0. The first-order valence-corrected chi connectivity index (χ1v) is 6.62. The van der Waals surface area contributed by atoms with Gasteiger partial charge in [0.15, 0.2) is 0 Å². The molecule has 0 aliphatic heterocycles. The summed E-state index contributed by atoms with van der Waals surface area (Å²) in [6, 6.07) is 14.1. The van der Waals surface area contributed by atoms with Crippen LogP contribution in [0.25, 0.3) is 22.8 Å². The summed E-state index contributed by atoms with van der Waals surface area (Å²) < 4.78 is 10.6. The van der Waals surface area contributed by atoms with E-state index in [1.807, 2.05) is 31.2 Å². The van der Waals surface area contributed by atoms with Gasteiger partial charge in [-0.1, -0.05) is 5.16 Å². The average Bonchev–Trinajstić information content (AvgIpc) is 2.99. The van der Waals surface area contributed by atoms with Gasteiger partial charge in [0.05, 0.1) is 6.61 Å². The van der Waals surface area contributed by atoms with Crippen molar-refractivity contribution in [3.05, 3.63) is 48.5 Å². The first kappa shape index (κ1) is 13.2. The molecule has 1 aromatic heterocycles. The number of hydrogen-bond acceptors (Lipinski definition) is 5. The molecule has 2 aromatic carbocycles. The molecule has 1 N–H and O–H groups in total. The number of phenolic OH excluding ortho intramolecular Hbond substituents is 1. The van der Waals surface area contributed by atoms with E-state index in [0.717, 1.165) is 16.9 Å². The summed E-state index contributed by atoms with van der Waals surface area (Å²) >= 11 is 0. The fourth-order valence-electron chi connectivity index (χ4n) is 1.93. The highest BCUT2D eigenvalue weighted by Gasteiger charge is 2.10. The van der Waals surface area contributed by atoms with E-state index in [1.54, 1.807) is 24.3 Å². The van der Waals surface area contributed by atoms with Crippen molar-refractivity contribution in [1.29, 1.82) is 0 Å². The Kier molecular flexibility index (Phi) is 3.55. The van der Waals surface area contributed by atoms with Gasteiger partial charge in [0, 0.05) is 11.1 Å². The largest absolute Gasteiger partial charge is 0.508 e. The second-order valence-corrected chi connectivity index (χ2v) is 4.43. The van der Waals surface area contributed by atoms with E-state index in [4.69, 9.17) is 9.26 Å². The van der Waals surface area contributed by atoms with Gasteiger partial charge in [0.25, 0.3) is 5.89 Å². The Morgan fingerprint density at radius 1 is 1.00 bits per heavy atom. The number of benzene rings is 2. The third-order valence-corrected chi connectivity index (χ3v) is 2.96. The second-order valence-electron chi connectivity index (χ2n) is 4.43. The number of hydrogen-bond donors (Lipinski definition) is 1. The zero-order chi connectivity index (χ0) is 14.7. The Balaban J connectivity index is 1.85. The first-order valence-electron chi connectivity index (χ1n) is 6.62. The van der Waals surface area contributed by atoms with E-state index in [-0.39, 0.29) is 5.75 Å². The van der Waals surface area contributed by atoms with Crippen LogP contribution in [-0.4, -0.2) is 21.9 Å². The molecule has 3 aromatic rings. The third kappa shape index (κ3) is 2.86. The summed E-state index contributed by atoms with van der Waals surface area (Å²) in [5, 5.41) is 13.2. The Labute approximate surface area is 121 Å². The van der Waals surface area contributed by atoms with Gasteiger partial charge < -0.3 is 14.4 Å². The van der Waals surface area contributed by atoms with Crippen molar-refractivity contribution in [1.82, 2.24) is 10.1 Å². The Morgan fingerprint density at radius 2 is 1.67 bits per heavy atom. The SMILES string of the molecule is CCOc1ccc(-c2noc(-c3ccc(O)cc3)n2)cc1. The predicted octanol–water partition coefficient (Wildman–Crippen LogP) is 3.51. The topological polar surface area (TPSA) is 68.4 Å². The molecule has 0 aliphatic rings. The summed E-state index contributed by atoms with van der Waals surface area (Å²) in [4.78, 5) is 4.36. The molecule has 0 saturated heterocycles. The fourth-order valence-corrected chi connectivity index (χ4v) is 1.93. The van der Waals surface area contributed by atoms with E-state index in [2.05, 4.69) is 10.1 Å². The smallest absolute Gasteiger partial charge is 0.258 e. The molecule has 0 bridgehead atoms. The maximum absolute atomic E-state index is 9.28. The molecule has 0 radical (unpaired) electrons. The zero-order valence-corrected chi connectivity index (χ0v) is 11.5. The molecule has 5 nitrogen and oxygen atoms in total. The monoisotopic (exact) mass is 282 g/mol. The van der Waals surface area contributed by atoms with E-state index in [1.165, 1.54) is 0 Å². The lowest BCUT2D eigenvalue weighted by molar-refractivity contribution is 0.340. The third-order valence-electron chi connectivity index (χ3n) is 2.96. The van der Waals surface area contributed by atoms with Crippen molar-refractivity contribution in [3.8, 4) is 34.3 Å². The molecule has 106 valence electrons. The Hall–Kier alpha value is -2.82. The lowest BCUT2D eigenvalue weighted by Gasteiger charge is -2.02. The number of nitrogens with zero attached hydrogens (tertiary/aromatic N) is 2. The van der Waals surface area contributed by atoms with Crippen LogP contribution >= 0.6 is 0 Å². The number of rotatable bonds is 4. The minimum atomic E-state index is 0.199. The van der Waals surface area contributed by atoms with Crippen molar-refractivity contribution >= 4 is 0 Å². The van der Waals surface area contributed by atoms with Crippen LogP contribution in [0.2, 0.25) is 0 Å². The lowest BCUT2D eigenvalue weighted by Crippen LogP contribution is -1.90. The average molecular weight is 282 g/mol. The fraction of sp³-hybridized carbons (Fsp3) is 0.125. The second kappa shape index (κ2) is 5.66. The van der Waals surface area contributed by atoms with Crippen LogP contribution in [0.3, 0.4) is 0 Å². The van der Waals surface area contributed by atoms with Gasteiger partial charge in [-0.15, -0.1) is 0 Å². The molecule has 1 heterocycles. The van der Waals surface area contributed by atoms with Crippen LogP contribution in [0.15, 0.2) is 53.1 Å². The molecule has 0 amide bonds. The molecule has 21 heavy (non-hydrogen) atoms. The van der Waals surface area contributed by atoms with Crippen LogP contribution in [-0.2, 0) is 0 Å². The number of aromatic hydroxyl groups is 1. The van der Waals surface area contributed by atoms with Crippen molar-refractivity contribution in [2.75, 3.05) is 6.61 Å². The van der Waals surface area contributed by atoms with E-state index in [0.29, 0.717) is 18.3 Å². The van der Waals surface area contributed by atoms with Gasteiger partial charge in [-0.25, -0.2) is 0 Å². The molecule has 5 heteroatoms. The van der Waals surface area contributed by atoms with Crippen molar-refractivity contribution in [2.24, 2.45) is 0 Å². The van der Waals surface area contributed by atoms with Crippen LogP contribution in [0, 0.1) is 0 Å². The molecule has 0 spiro atoms. The summed E-state index contributed by atoms with van der Waals surface area (Å²) in [5.74, 6) is 1.94. The molecular weight excluding hydrogens is 268 g/mol. The van der Waals surface area contributed by atoms with Crippen LogP contribution in [0.4, 0.5) is 0 Å². The highest BCUT2D eigenvalue weighted by molar-refractivity contribution is 5.60. The number of aromatic nitrogens is 2. The zero-order valence-electron chi connectivity index (χ0n) is 11.5. The molecule has 0 saturated carbocycles. The highest BCUT2D eigenvalue weighted by atomic mass is 16.5. The van der Waals surface area contributed by atoms with Crippen molar-refractivity contribution in [2.45, 2.75) is 6.92 Å². The number of phenols is 1. The maximum Gasteiger partial charge on any atom is 0.258 e. The standard InChI is InChI=1S/C16H14N2O3/c1-2-20-14-9-5-11(6-10-14)15-17-16(21-18-15)12-3-7-13(19)8-4-12/h3-10,19H,2H2,1H3. The van der Waals surface area contributed by atoms with Crippen LogP contribution in [0.1, 0.15) is 6.92 Å². The molecule has 0 atom stereocenters. The van der Waals surface area contributed by atoms with Crippen LogP contribution in [0.5, 0.6) is 11.5 Å². The Bertz CT molecular complexity index is 718. The first-order chi connectivity index (χ1) is 10.3. The molecule has 0 unspecified atom stereocenters. The summed E-state index contributed by atoms with van der Waals surface area (Å²) in [5.41, 5.74) is 1.62. The van der Waals surface area contributed by atoms with Gasteiger partial charge in [-0.3, -0.25) is 0 Å². The van der Waals surface area contributed by atoms with E-state index in [9.17, 15) is 5.11 Å². The minimum absolute atomic E-state index is 0.199. The van der Waals surface area contributed by atoms with Gasteiger partial charge in [-0.2, -0.15) is 4.98 Å². The molecular formula is C16H14N2O3. The van der Waals surface area contributed by atoms with E-state index >= 15 is 0 Å². The summed E-state index contributed by atoms with van der Waals surface area (Å²) in [6.45, 7) is 2.57. The van der Waals surface area contributed by atoms with Gasteiger partial charge in [0.1, 0.15) is 11.5 Å². The normalized spacial score (nSPS) is 10.5.